The zero-order valence-corrected chi connectivity index (χ0v) is 22.5. The molecule has 0 aliphatic heterocycles. The number of para-hydroxylation sites is 2. The number of fused-ring (bicyclic) bond motifs is 1. The molecule has 4 aromatic carbocycles. The molecule has 0 fully saturated rings. The van der Waals surface area contributed by atoms with E-state index in [-0.39, 0.29) is 0 Å². The molecule has 0 N–H and O–H groups in total. The maximum atomic E-state index is 2.38. The van der Waals surface area contributed by atoms with Gasteiger partial charge in [0.1, 0.15) is 0 Å². The first-order chi connectivity index (χ1) is 17.5. The largest absolute Gasteiger partial charge is 0.310 e. The normalized spacial score (nSPS) is 11.6. The zero-order chi connectivity index (χ0) is 25.2. The van der Waals surface area contributed by atoms with Crippen molar-refractivity contribution in [3.63, 3.8) is 0 Å². The Labute approximate surface area is 219 Å². The SMILES string of the molecule is CC(C)(C)CCCCCCCCCc1ccc(N(c2ccccc2)c2ccccc2)c2ccccc12. The maximum absolute atomic E-state index is 2.38. The minimum Gasteiger partial charge on any atom is -0.310 e. The summed E-state index contributed by atoms with van der Waals surface area (Å²) in [4.78, 5) is 2.38. The molecule has 0 unspecified atom stereocenters. The van der Waals surface area contributed by atoms with Gasteiger partial charge >= 0.3 is 0 Å². The molecular formula is C35H43N. The molecule has 0 bridgehead atoms. The molecule has 0 radical (unpaired) electrons. The smallest absolute Gasteiger partial charge is 0.0540 e. The van der Waals surface area contributed by atoms with Crippen LogP contribution in [0.25, 0.3) is 10.8 Å². The second-order valence-electron chi connectivity index (χ2n) is 11.3. The van der Waals surface area contributed by atoms with Crippen molar-refractivity contribution in [2.75, 3.05) is 4.90 Å². The van der Waals surface area contributed by atoms with Crippen LogP contribution in [0.4, 0.5) is 17.1 Å². The van der Waals surface area contributed by atoms with Crippen molar-refractivity contribution in [1.82, 2.24) is 0 Å². The standard InChI is InChI=1S/C35H43N/c1-35(2,3)28-18-8-6-4-5-7-11-19-29-26-27-34(33-25-17-16-24-32(29)33)36(30-20-12-9-13-21-30)31-22-14-10-15-23-31/h9-10,12-17,20-27H,4-8,11,18-19,28H2,1-3H3. The predicted octanol–water partition coefficient (Wildman–Crippen LogP) is 11.0. The molecule has 0 saturated carbocycles. The Morgan fingerprint density at radius 2 is 1.00 bits per heavy atom. The Balaban J connectivity index is 1.43. The molecule has 0 heterocycles. The Morgan fingerprint density at radius 1 is 0.500 bits per heavy atom. The highest BCUT2D eigenvalue weighted by Crippen LogP contribution is 2.39. The molecule has 0 spiro atoms. The molecule has 4 rings (SSSR count). The first-order valence-electron chi connectivity index (χ1n) is 13.9. The van der Waals surface area contributed by atoms with E-state index in [2.05, 4.69) is 123 Å². The lowest BCUT2D eigenvalue weighted by atomic mass is 9.89. The van der Waals surface area contributed by atoms with Gasteiger partial charge < -0.3 is 4.90 Å². The minimum atomic E-state index is 0.484. The molecule has 0 amide bonds. The number of rotatable bonds is 12. The molecule has 188 valence electrons. The third-order valence-corrected chi connectivity index (χ3v) is 7.13. The number of nitrogens with zero attached hydrogens (tertiary/aromatic N) is 1. The summed E-state index contributed by atoms with van der Waals surface area (Å²) in [5.41, 5.74) is 5.56. The van der Waals surface area contributed by atoms with Gasteiger partial charge in [0.05, 0.1) is 5.69 Å². The van der Waals surface area contributed by atoms with Crippen LogP contribution in [0.3, 0.4) is 0 Å². The number of anilines is 3. The maximum Gasteiger partial charge on any atom is 0.0540 e. The van der Waals surface area contributed by atoms with Crippen LogP contribution in [-0.4, -0.2) is 0 Å². The van der Waals surface area contributed by atoms with Crippen LogP contribution in [0.5, 0.6) is 0 Å². The first kappa shape index (κ1) is 26.0. The molecule has 0 aliphatic rings. The van der Waals surface area contributed by atoms with Crippen LogP contribution in [0.1, 0.15) is 77.7 Å². The molecule has 0 aliphatic carbocycles. The summed E-state index contributed by atoms with van der Waals surface area (Å²) in [7, 11) is 0. The Morgan fingerprint density at radius 3 is 1.58 bits per heavy atom. The van der Waals surface area contributed by atoms with Crippen molar-refractivity contribution in [3.05, 3.63) is 103 Å². The number of hydrogen-bond donors (Lipinski definition) is 0. The molecular weight excluding hydrogens is 434 g/mol. The third-order valence-electron chi connectivity index (χ3n) is 7.13. The molecule has 4 aromatic rings. The summed E-state index contributed by atoms with van der Waals surface area (Å²) < 4.78 is 0. The predicted molar refractivity (Wildman–Crippen MR) is 159 cm³/mol. The van der Waals surface area contributed by atoms with E-state index < -0.39 is 0 Å². The van der Waals surface area contributed by atoms with Crippen LogP contribution in [0.2, 0.25) is 0 Å². The van der Waals surface area contributed by atoms with E-state index in [0.717, 1.165) is 6.42 Å². The van der Waals surface area contributed by atoms with Crippen LogP contribution in [0, 0.1) is 5.41 Å². The van der Waals surface area contributed by atoms with Gasteiger partial charge in [0, 0.05) is 16.8 Å². The van der Waals surface area contributed by atoms with Gasteiger partial charge in [-0.2, -0.15) is 0 Å². The lowest BCUT2D eigenvalue weighted by molar-refractivity contribution is 0.356. The van der Waals surface area contributed by atoms with Gasteiger partial charge in [-0.15, -0.1) is 0 Å². The third kappa shape index (κ3) is 7.23. The van der Waals surface area contributed by atoms with Crippen molar-refractivity contribution in [1.29, 1.82) is 0 Å². The highest BCUT2D eigenvalue weighted by Gasteiger charge is 2.16. The summed E-state index contributed by atoms with van der Waals surface area (Å²) in [5, 5.41) is 2.70. The monoisotopic (exact) mass is 477 g/mol. The number of aryl methyl sites for hydroxylation is 1. The van der Waals surface area contributed by atoms with E-state index in [4.69, 9.17) is 0 Å². The van der Waals surface area contributed by atoms with E-state index >= 15 is 0 Å². The van der Waals surface area contributed by atoms with Gasteiger partial charge in [-0.1, -0.05) is 126 Å². The van der Waals surface area contributed by atoms with Crippen molar-refractivity contribution < 1.29 is 0 Å². The van der Waals surface area contributed by atoms with E-state index in [1.54, 1.807) is 0 Å². The second kappa shape index (κ2) is 12.8. The average molecular weight is 478 g/mol. The number of unbranched alkanes of at least 4 members (excludes halogenated alkanes) is 6. The van der Waals surface area contributed by atoms with Crippen molar-refractivity contribution in [2.24, 2.45) is 5.41 Å². The second-order valence-corrected chi connectivity index (χ2v) is 11.3. The first-order valence-corrected chi connectivity index (χ1v) is 13.9. The molecule has 1 nitrogen and oxygen atoms in total. The molecule has 0 aromatic heterocycles. The summed E-state index contributed by atoms with van der Waals surface area (Å²) in [6.45, 7) is 7.05. The molecule has 1 heteroatoms. The lowest BCUT2D eigenvalue weighted by Gasteiger charge is -2.27. The molecule has 0 saturated heterocycles. The Kier molecular flexibility index (Phi) is 9.23. The van der Waals surface area contributed by atoms with E-state index in [9.17, 15) is 0 Å². The minimum absolute atomic E-state index is 0.484. The summed E-state index contributed by atoms with van der Waals surface area (Å²) in [6, 6.07) is 35.0. The molecule has 0 atom stereocenters. The van der Waals surface area contributed by atoms with E-state index in [1.165, 1.54) is 84.8 Å². The summed E-state index contributed by atoms with van der Waals surface area (Å²) in [5.74, 6) is 0. The quantitative estimate of drug-likeness (QED) is 0.183. The van der Waals surface area contributed by atoms with Gasteiger partial charge in [0.25, 0.3) is 0 Å². The average Bonchev–Trinajstić information content (AvgIpc) is 2.89. The number of benzene rings is 4. The van der Waals surface area contributed by atoms with Crippen molar-refractivity contribution in [2.45, 2.75) is 78.6 Å². The van der Waals surface area contributed by atoms with Crippen LogP contribution in [0.15, 0.2) is 97.1 Å². The van der Waals surface area contributed by atoms with E-state index in [0.29, 0.717) is 5.41 Å². The van der Waals surface area contributed by atoms with Crippen molar-refractivity contribution in [3.8, 4) is 0 Å². The highest BCUT2D eigenvalue weighted by atomic mass is 15.1. The fourth-order valence-corrected chi connectivity index (χ4v) is 5.19. The fourth-order valence-electron chi connectivity index (χ4n) is 5.19. The Hall–Kier alpha value is -3.06. The van der Waals surface area contributed by atoms with Gasteiger partial charge in [-0.3, -0.25) is 0 Å². The zero-order valence-electron chi connectivity index (χ0n) is 22.5. The summed E-state index contributed by atoms with van der Waals surface area (Å²) in [6.07, 6.45) is 12.0. The number of hydrogen-bond acceptors (Lipinski definition) is 1. The van der Waals surface area contributed by atoms with Crippen LogP contribution >= 0.6 is 0 Å². The van der Waals surface area contributed by atoms with Crippen LogP contribution < -0.4 is 4.90 Å². The lowest BCUT2D eigenvalue weighted by Crippen LogP contribution is -2.10. The van der Waals surface area contributed by atoms with Gasteiger partial charge in [0.15, 0.2) is 0 Å². The fraction of sp³-hybridized carbons (Fsp3) is 0.371. The topological polar surface area (TPSA) is 3.24 Å². The van der Waals surface area contributed by atoms with Gasteiger partial charge in [-0.25, -0.2) is 0 Å². The summed E-state index contributed by atoms with van der Waals surface area (Å²) >= 11 is 0. The van der Waals surface area contributed by atoms with Gasteiger partial charge in [-0.05, 0) is 66.0 Å². The highest BCUT2D eigenvalue weighted by molar-refractivity contribution is 6.00. The molecule has 36 heavy (non-hydrogen) atoms. The van der Waals surface area contributed by atoms with E-state index in [1.807, 2.05) is 0 Å². The van der Waals surface area contributed by atoms with Crippen LogP contribution in [-0.2, 0) is 6.42 Å². The Bertz CT molecular complexity index is 1150. The van der Waals surface area contributed by atoms with Crippen molar-refractivity contribution >= 4 is 27.8 Å². The van der Waals surface area contributed by atoms with Gasteiger partial charge in [0.2, 0.25) is 0 Å².